The lowest BCUT2D eigenvalue weighted by atomic mass is 10.0. The lowest BCUT2D eigenvalue weighted by Crippen LogP contribution is -2.50. The van der Waals surface area contributed by atoms with E-state index in [1.807, 2.05) is 20.8 Å². The van der Waals surface area contributed by atoms with E-state index in [9.17, 15) is 4.79 Å². The van der Waals surface area contributed by atoms with Crippen LogP contribution in [0.25, 0.3) is 0 Å². The molecule has 0 N–H and O–H groups in total. The number of nitrogens with zero attached hydrogens (tertiary/aromatic N) is 1. The minimum absolute atomic E-state index is 0.176. The first-order valence-corrected chi connectivity index (χ1v) is 5.87. The van der Waals surface area contributed by atoms with E-state index in [1.54, 1.807) is 4.90 Å². The highest BCUT2D eigenvalue weighted by molar-refractivity contribution is 9.09. The Kier molecular flexibility index (Phi) is 7.04. The smallest absolute Gasteiger partial charge is 0.409 e. The minimum Gasteiger partial charge on any atom is -0.450 e. The van der Waals surface area contributed by atoms with Crippen LogP contribution in [0.2, 0.25) is 0 Å². The number of carbonyl (C=O) groups is 1. The molecule has 0 unspecified atom stereocenters. The molecule has 0 spiro atoms. The Morgan fingerprint density at radius 3 is 2.46 bits per heavy atom. The fraction of sp³-hybridized carbons (Fsp3) is 0.889. The number of hydrogen-bond acceptors (Lipinski definition) is 2. The number of likely N-dealkylation sites (tertiary alicyclic amines) is 1. The van der Waals surface area contributed by atoms with E-state index >= 15 is 0 Å². The predicted octanol–water partition coefficient (Wildman–Crippen LogP) is 2.50. The van der Waals surface area contributed by atoms with Crippen LogP contribution in [0.1, 0.15) is 20.8 Å². The second-order valence-electron chi connectivity index (χ2n) is 2.62. The summed E-state index contributed by atoms with van der Waals surface area (Å²) < 4.78 is 4.81. The third-order valence-corrected chi connectivity index (χ3v) is 2.62. The molecule has 1 aliphatic heterocycles. The molecule has 13 heavy (non-hydrogen) atoms. The molecule has 78 valence electrons. The molecule has 4 heteroatoms. The van der Waals surface area contributed by atoms with Gasteiger partial charge in [-0.25, -0.2) is 4.79 Å². The third-order valence-electron chi connectivity index (χ3n) is 1.70. The van der Waals surface area contributed by atoms with Crippen molar-refractivity contribution in [3.05, 3.63) is 0 Å². The van der Waals surface area contributed by atoms with Gasteiger partial charge in [0.2, 0.25) is 0 Å². The van der Waals surface area contributed by atoms with E-state index in [1.165, 1.54) is 0 Å². The number of rotatable bonds is 2. The summed E-state index contributed by atoms with van der Waals surface area (Å²) in [5, 5.41) is 0.975. The number of carbonyl (C=O) groups excluding carboxylic acids is 1. The lowest BCUT2D eigenvalue weighted by Gasteiger charge is -2.37. The van der Waals surface area contributed by atoms with Crippen molar-refractivity contribution in [2.75, 3.05) is 25.0 Å². The van der Waals surface area contributed by atoms with E-state index in [-0.39, 0.29) is 6.09 Å². The summed E-state index contributed by atoms with van der Waals surface area (Å²) in [6.45, 7) is 7.96. The summed E-state index contributed by atoms with van der Waals surface area (Å²) in [6.07, 6.45) is -0.176. The quantitative estimate of drug-likeness (QED) is 0.706. The van der Waals surface area contributed by atoms with Crippen LogP contribution in [-0.2, 0) is 4.74 Å². The molecule has 1 heterocycles. The van der Waals surface area contributed by atoms with Gasteiger partial charge in [0, 0.05) is 24.3 Å². The lowest BCUT2D eigenvalue weighted by molar-refractivity contribution is 0.0636. The number of halogens is 1. The summed E-state index contributed by atoms with van der Waals surface area (Å²) in [6, 6.07) is 0. The first-order valence-electron chi connectivity index (χ1n) is 4.75. The Bertz CT molecular complexity index is 147. The molecule has 0 aromatic heterocycles. The van der Waals surface area contributed by atoms with Gasteiger partial charge >= 0.3 is 6.09 Å². The molecule has 0 atom stereocenters. The molecule has 0 saturated carbocycles. The predicted molar refractivity (Wildman–Crippen MR) is 57.2 cm³/mol. The van der Waals surface area contributed by atoms with Crippen LogP contribution >= 0.6 is 15.9 Å². The van der Waals surface area contributed by atoms with Crippen molar-refractivity contribution >= 4 is 22.0 Å². The largest absolute Gasteiger partial charge is 0.450 e. The van der Waals surface area contributed by atoms with Crippen molar-refractivity contribution in [3.63, 3.8) is 0 Å². The highest BCUT2D eigenvalue weighted by Crippen LogP contribution is 2.17. The molecular weight excluding hydrogens is 234 g/mol. The third kappa shape index (κ3) is 3.98. The van der Waals surface area contributed by atoms with Crippen molar-refractivity contribution < 1.29 is 9.53 Å². The summed E-state index contributed by atoms with van der Waals surface area (Å²) >= 11 is 3.36. The minimum atomic E-state index is -0.176. The van der Waals surface area contributed by atoms with Crippen LogP contribution in [0.4, 0.5) is 4.79 Å². The van der Waals surface area contributed by atoms with Crippen LogP contribution in [-0.4, -0.2) is 36.0 Å². The normalized spacial score (nSPS) is 15.5. The Balaban J connectivity index is 0.000000671. The Labute approximate surface area is 88.6 Å². The average Bonchev–Trinajstić information content (AvgIpc) is 2.07. The van der Waals surface area contributed by atoms with Crippen molar-refractivity contribution in [2.24, 2.45) is 5.92 Å². The van der Waals surface area contributed by atoms with Gasteiger partial charge in [0.05, 0.1) is 6.61 Å². The van der Waals surface area contributed by atoms with Gasteiger partial charge in [-0.05, 0) is 6.92 Å². The molecule has 0 radical (unpaired) electrons. The molecular formula is C9H18BrNO2. The highest BCUT2D eigenvalue weighted by Gasteiger charge is 2.30. The van der Waals surface area contributed by atoms with E-state index in [0.717, 1.165) is 18.4 Å². The SMILES string of the molecule is CC.CCOC(=O)N1CC(CBr)C1. The first-order chi connectivity index (χ1) is 6.27. The van der Waals surface area contributed by atoms with E-state index in [0.29, 0.717) is 12.5 Å². The molecule has 1 saturated heterocycles. The standard InChI is InChI=1S/C7H12BrNO2.C2H6/c1-2-11-7(10)9-4-6(3-8)5-9;1-2/h6H,2-5H2,1H3;1-2H3. The number of hydrogen-bond donors (Lipinski definition) is 0. The highest BCUT2D eigenvalue weighted by atomic mass is 79.9. The fourth-order valence-corrected chi connectivity index (χ4v) is 1.44. The molecule has 1 aliphatic rings. The van der Waals surface area contributed by atoms with Gasteiger partial charge in [0.25, 0.3) is 0 Å². The summed E-state index contributed by atoms with van der Waals surface area (Å²) in [5.74, 6) is 0.624. The van der Waals surface area contributed by atoms with Crippen molar-refractivity contribution in [2.45, 2.75) is 20.8 Å². The maximum Gasteiger partial charge on any atom is 0.409 e. The van der Waals surface area contributed by atoms with Crippen LogP contribution in [0.3, 0.4) is 0 Å². The maximum atomic E-state index is 11.0. The van der Waals surface area contributed by atoms with E-state index in [4.69, 9.17) is 4.74 Å². The summed E-state index contributed by atoms with van der Waals surface area (Å²) in [7, 11) is 0. The number of ether oxygens (including phenoxy) is 1. The van der Waals surface area contributed by atoms with Crippen LogP contribution in [0.15, 0.2) is 0 Å². The second kappa shape index (κ2) is 7.18. The number of alkyl halides is 1. The Morgan fingerprint density at radius 1 is 1.54 bits per heavy atom. The van der Waals surface area contributed by atoms with Gasteiger partial charge in [-0.1, -0.05) is 29.8 Å². The molecule has 0 aromatic rings. The number of amides is 1. The summed E-state index contributed by atoms with van der Waals surface area (Å²) in [4.78, 5) is 12.7. The van der Waals surface area contributed by atoms with Crippen molar-refractivity contribution in [3.8, 4) is 0 Å². The van der Waals surface area contributed by atoms with Gasteiger partial charge in [-0.15, -0.1) is 0 Å². The Hall–Kier alpha value is -0.250. The van der Waals surface area contributed by atoms with Crippen molar-refractivity contribution in [1.29, 1.82) is 0 Å². The Morgan fingerprint density at radius 2 is 2.08 bits per heavy atom. The van der Waals surface area contributed by atoms with E-state index < -0.39 is 0 Å². The van der Waals surface area contributed by atoms with Gasteiger partial charge in [-0.3, -0.25) is 0 Å². The molecule has 0 aromatic carbocycles. The molecule has 1 rings (SSSR count). The molecule has 0 bridgehead atoms. The van der Waals surface area contributed by atoms with Crippen LogP contribution in [0.5, 0.6) is 0 Å². The molecule has 1 amide bonds. The fourth-order valence-electron chi connectivity index (χ4n) is 1.03. The zero-order valence-corrected chi connectivity index (χ0v) is 10.1. The van der Waals surface area contributed by atoms with Gasteiger partial charge in [-0.2, -0.15) is 0 Å². The summed E-state index contributed by atoms with van der Waals surface area (Å²) in [5.41, 5.74) is 0. The monoisotopic (exact) mass is 251 g/mol. The average molecular weight is 252 g/mol. The van der Waals surface area contributed by atoms with Crippen LogP contribution < -0.4 is 0 Å². The topological polar surface area (TPSA) is 29.5 Å². The van der Waals surface area contributed by atoms with E-state index in [2.05, 4.69) is 15.9 Å². The maximum absolute atomic E-state index is 11.0. The molecule has 1 fully saturated rings. The first kappa shape index (κ1) is 12.8. The van der Waals surface area contributed by atoms with Gasteiger partial charge in [0.1, 0.15) is 0 Å². The van der Waals surface area contributed by atoms with Crippen LogP contribution in [0, 0.1) is 5.92 Å². The molecule has 3 nitrogen and oxygen atoms in total. The zero-order chi connectivity index (χ0) is 10.3. The van der Waals surface area contributed by atoms with Crippen molar-refractivity contribution in [1.82, 2.24) is 4.90 Å². The zero-order valence-electron chi connectivity index (χ0n) is 8.55. The second-order valence-corrected chi connectivity index (χ2v) is 3.27. The van der Waals surface area contributed by atoms with Gasteiger partial charge in [0.15, 0.2) is 0 Å². The van der Waals surface area contributed by atoms with Gasteiger partial charge < -0.3 is 9.64 Å². The molecule has 0 aliphatic carbocycles.